The maximum Gasteiger partial charge on any atom is 0.324 e. The van der Waals surface area contributed by atoms with Crippen LogP contribution >= 0.6 is 0 Å². The topological polar surface area (TPSA) is 61.9 Å². The monoisotopic (exact) mass is 425 g/mol. The Bertz CT molecular complexity index is 842. The van der Waals surface area contributed by atoms with Gasteiger partial charge in [0.15, 0.2) is 0 Å². The van der Waals surface area contributed by atoms with E-state index in [2.05, 4.69) is 11.4 Å². The summed E-state index contributed by atoms with van der Waals surface area (Å²) in [6, 6.07) is 5.99. The number of anilines is 1. The zero-order valence-corrected chi connectivity index (χ0v) is 18.9. The van der Waals surface area contributed by atoms with E-state index in [1.807, 2.05) is 41.8 Å². The third-order valence-electron chi connectivity index (χ3n) is 6.67. The third kappa shape index (κ3) is 5.23. The lowest BCUT2D eigenvalue weighted by molar-refractivity contribution is -0.126. The van der Waals surface area contributed by atoms with Crippen molar-refractivity contribution in [2.75, 3.05) is 31.1 Å². The minimum absolute atomic E-state index is 0.00234. The first-order valence-electron chi connectivity index (χ1n) is 11.8. The van der Waals surface area contributed by atoms with Crippen molar-refractivity contribution in [2.24, 2.45) is 5.92 Å². The van der Waals surface area contributed by atoms with Gasteiger partial charge in [-0.15, -0.1) is 0 Å². The van der Waals surface area contributed by atoms with Gasteiger partial charge in [0, 0.05) is 25.6 Å². The molecule has 2 heterocycles. The van der Waals surface area contributed by atoms with Crippen LogP contribution < -0.4 is 15.0 Å². The minimum atomic E-state index is -0.0400. The molecule has 1 unspecified atom stereocenters. The molecule has 0 aromatic heterocycles. The quantitative estimate of drug-likeness (QED) is 0.727. The van der Waals surface area contributed by atoms with Crippen molar-refractivity contribution in [1.82, 2.24) is 10.2 Å². The maximum absolute atomic E-state index is 13.3. The number of allylic oxidation sites excluding steroid dienone is 1. The fourth-order valence-electron chi connectivity index (χ4n) is 4.85. The van der Waals surface area contributed by atoms with Gasteiger partial charge in [-0.3, -0.25) is 9.69 Å². The molecular weight excluding hydrogens is 390 g/mol. The Morgan fingerprint density at radius 3 is 2.74 bits per heavy atom. The summed E-state index contributed by atoms with van der Waals surface area (Å²) in [5, 5.41) is 3.12. The SMILES string of the molecule is Cc1ccc2c(c1)N(C(=O)N1CCC(C(=O)NCCC3=CCCCC3)CC1)CC(C)O2. The van der Waals surface area contributed by atoms with E-state index in [1.165, 1.54) is 31.3 Å². The number of benzene rings is 1. The predicted molar refractivity (Wildman–Crippen MR) is 122 cm³/mol. The van der Waals surface area contributed by atoms with Gasteiger partial charge < -0.3 is 15.0 Å². The van der Waals surface area contributed by atoms with Gasteiger partial charge in [0.25, 0.3) is 0 Å². The third-order valence-corrected chi connectivity index (χ3v) is 6.67. The van der Waals surface area contributed by atoms with E-state index in [0.29, 0.717) is 19.6 Å². The maximum atomic E-state index is 13.3. The molecule has 3 amide bonds. The van der Waals surface area contributed by atoms with Crippen molar-refractivity contribution in [1.29, 1.82) is 0 Å². The van der Waals surface area contributed by atoms with Gasteiger partial charge in [-0.2, -0.15) is 0 Å². The molecule has 1 aliphatic carbocycles. The van der Waals surface area contributed by atoms with Crippen molar-refractivity contribution in [3.8, 4) is 5.75 Å². The predicted octanol–water partition coefficient (Wildman–Crippen LogP) is 4.42. The fraction of sp³-hybridized carbons (Fsp3) is 0.600. The number of ether oxygens (including phenoxy) is 1. The van der Waals surface area contributed by atoms with Crippen LogP contribution in [0.25, 0.3) is 0 Å². The number of carbonyl (C=O) groups is 2. The number of aryl methyl sites for hydroxylation is 1. The van der Waals surface area contributed by atoms with Crippen molar-refractivity contribution in [3.63, 3.8) is 0 Å². The Kier molecular flexibility index (Phi) is 6.83. The van der Waals surface area contributed by atoms with E-state index >= 15 is 0 Å². The van der Waals surface area contributed by atoms with E-state index < -0.39 is 0 Å². The highest BCUT2D eigenvalue weighted by molar-refractivity contribution is 5.94. The summed E-state index contributed by atoms with van der Waals surface area (Å²) in [7, 11) is 0. The van der Waals surface area contributed by atoms with Crippen molar-refractivity contribution < 1.29 is 14.3 Å². The Balaban J connectivity index is 1.28. The Morgan fingerprint density at radius 2 is 2.00 bits per heavy atom. The largest absolute Gasteiger partial charge is 0.487 e. The van der Waals surface area contributed by atoms with Crippen LogP contribution in [0.3, 0.4) is 0 Å². The first kappa shape index (κ1) is 21.7. The molecule has 168 valence electrons. The molecule has 31 heavy (non-hydrogen) atoms. The summed E-state index contributed by atoms with van der Waals surface area (Å²) >= 11 is 0. The summed E-state index contributed by atoms with van der Waals surface area (Å²) in [4.78, 5) is 29.6. The van der Waals surface area contributed by atoms with Gasteiger partial charge in [0.1, 0.15) is 11.9 Å². The molecule has 3 aliphatic rings. The highest BCUT2D eigenvalue weighted by Gasteiger charge is 2.33. The second-order valence-electron chi connectivity index (χ2n) is 9.20. The molecule has 1 fully saturated rings. The van der Waals surface area contributed by atoms with E-state index in [0.717, 1.165) is 42.8 Å². The molecule has 0 saturated carbocycles. The Hall–Kier alpha value is -2.50. The molecule has 1 atom stereocenters. The zero-order valence-electron chi connectivity index (χ0n) is 18.9. The van der Waals surface area contributed by atoms with Crippen LogP contribution in [0, 0.1) is 12.8 Å². The number of likely N-dealkylation sites (tertiary alicyclic amines) is 1. The van der Waals surface area contributed by atoms with E-state index in [1.54, 1.807) is 0 Å². The molecule has 0 bridgehead atoms. The summed E-state index contributed by atoms with van der Waals surface area (Å²) < 4.78 is 5.92. The summed E-state index contributed by atoms with van der Waals surface area (Å²) in [6.45, 7) is 6.53. The molecule has 0 radical (unpaired) electrons. The van der Waals surface area contributed by atoms with Crippen LogP contribution in [-0.2, 0) is 4.79 Å². The highest BCUT2D eigenvalue weighted by Crippen LogP contribution is 2.35. The lowest BCUT2D eigenvalue weighted by Crippen LogP contribution is -2.52. The molecule has 2 aliphatic heterocycles. The minimum Gasteiger partial charge on any atom is -0.487 e. The number of carbonyl (C=O) groups excluding carboxylic acids is 2. The molecular formula is C25H35N3O3. The first-order valence-corrected chi connectivity index (χ1v) is 11.8. The van der Waals surface area contributed by atoms with E-state index in [-0.39, 0.29) is 24.0 Å². The van der Waals surface area contributed by atoms with Gasteiger partial charge in [-0.05, 0) is 76.5 Å². The number of amides is 3. The Labute approximate surface area is 185 Å². The van der Waals surface area contributed by atoms with Crippen LogP contribution in [0.1, 0.15) is 57.4 Å². The number of hydrogen-bond donors (Lipinski definition) is 1. The molecule has 6 nitrogen and oxygen atoms in total. The van der Waals surface area contributed by atoms with Gasteiger partial charge in [-0.1, -0.05) is 17.7 Å². The number of fused-ring (bicyclic) bond motifs is 1. The average Bonchev–Trinajstić information content (AvgIpc) is 2.79. The van der Waals surface area contributed by atoms with Crippen LogP contribution in [0.5, 0.6) is 5.75 Å². The number of nitrogens with one attached hydrogen (secondary N) is 1. The number of urea groups is 1. The zero-order chi connectivity index (χ0) is 21.8. The number of piperidine rings is 1. The van der Waals surface area contributed by atoms with E-state index in [9.17, 15) is 9.59 Å². The Morgan fingerprint density at radius 1 is 1.19 bits per heavy atom. The molecule has 6 heteroatoms. The molecule has 0 spiro atoms. The lowest BCUT2D eigenvalue weighted by atomic mass is 9.95. The van der Waals surface area contributed by atoms with Crippen LogP contribution in [0.4, 0.5) is 10.5 Å². The van der Waals surface area contributed by atoms with E-state index in [4.69, 9.17) is 4.74 Å². The van der Waals surface area contributed by atoms with Crippen LogP contribution in [0.2, 0.25) is 0 Å². The lowest BCUT2D eigenvalue weighted by Gasteiger charge is -2.39. The average molecular weight is 426 g/mol. The second-order valence-corrected chi connectivity index (χ2v) is 9.20. The van der Waals surface area contributed by atoms with Gasteiger partial charge in [0.05, 0.1) is 12.2 Å². The molecule has 1 N–H and O–H groups in total. The van der Waals surface area contributed by atoms with Gasteiger partial charge in [-0.25, -0.2) is 4.79 Å². The molecule has 1 aromatic carbocycles. The smallest absolute Gasteiger partial charge is 0.324 e. The first-order chi connectivity index (χ1) is 15.0. The summed E-state index contributed by atoms with van der Waals surface area (Å²) in [5.74, 6) is 0.909. The van der Waals surface area contributed by atoms with Gasteiger partial charge in [0.2, 0.25) is 5.91 Å². The normalized spacial score (nSPS) is 21.7. The molecule has 4 rings (SSSR count). The van der Waals surface area contributed by atoms with Gasteiger partial charge >= 0.3 is 6.03 Å². The van der Waals surface area contributed by atoms with Crippen molar-refractivity contribution >= 4 is 17.6 Å². The number of nitrogens with zero attached hydrogens (tertiary/aromatic N) is 2. The number of hydrogen-bond acceptors (Lipinski definition) is 3. The summed E-state index contributed by atoms with van der Waals surface area (Å²) in [6.07, 6.45) is 9.65. The standard InChI is InChI=1S/C25H35N3O3/c1-18-8-9-23-22(16-18)28(17-19(2)31-23)25(30)27-14-11-21(12-15-27)24(29)26-13-10-20-6-4-3-5-7-20/h6,8-9,16,19,21H,3-5,7,10-15,17H2,1-2H3,(H,26,29). The van der Waals surface area contributed by atoms with Crippen LogP contribution in [-0.4, -0.2) is 49.1 Å². The summed E-state index contributed by atoms with van der Waals surface area (Å²) in [5.41, 5.74) is 3.44. The fourth-order valence-corrected chi connectivity index (χ4v) is 4.85. The number of rotatable bonds is 4. The highest BCUT2D eigenvalue weighted by atomic mass is 16.5. The van der Waals surface area contributed by atoms with Crippen LogP contribution in [0.15, 0.2) is 29.8 Å². The second kappa shape index (κ2) is 9.75. The molecule has 1 aromatic rings. The van der Waals surface area contributed by atoms with Crippen molar-refractivity contribution in [2.45, 2.75) is 64.9 Å². The molecule has 1 saturated heterocycles. The van der Waals surface area contributed by atoms with Crippen molar-refractivity contribution in [3.05, 3.63) is 35.4 Å².